The van der Waals surface area contributed by atoms with Crippen LogP contribution in [-0.4, -0.2) is 18.6 Å². The van der Waals surface area contributed by atoms with Gasteiger partial charge >= 0.3 is 6.01 Å². The summed E-state index contributed by atoms with van der Waals surface area (Å²) >= 11 is 5.82. The molecule has 0 bridgehead atoms. The van der Waals surface area contributed by atoms with Crippen LogP contribution in [-0.2, 0) is 10.0 Å². The Morgan fingerprint density at radius 1 is 1.44 bits per heavy atom. The van der Waals surface area contributed by atoms with Crippen LogP contribution in [0, 0.1) is 6.92 Å². The first-order chi connectivity index (χ1) is 8.40. The lowest BCUT2D eigenvalue weighted by Gasteiger charge is -2.08. The van der Waals surface area contributed by atoms with Crippen LogP contribution in [0.2, 0.25) is 5.02 Å². The molecule has 0 atom stereocenters. The van der Waals surface area contributed by atoms with Crippen molar-refractivity contribution in [2.45, 2.75) is 11.8 Å². The average molecular weight is 289 g/mol. The highest BCUT2D eigenvalue weighted by molar-refractivity contribution is 7.93. The van der Waals surface area contributed by atoms with Crippen molar-refractivity contribution in [1.82, 2.24) is 10.1 Å². The normalized spacial score (nSPS) is 11.4. The highest BCUT2D eigenvalue weighted by atomic mass is 35.5. The predicted octanol–water partition coefficient (Wildman–Crippen LogP) is 1.41. The minimum Gasteiger partial charge on any atom is -0.398 e. The van der Waals surface area contributed by atoms with Gasteiger partial charge in [0.25, 0.3) is 10.0 Å². The van der Waals surface area contributed by atoms with Crippen molar-refractivity contribution in [2.75, 3.05) is 10.5 Å². The summed E-state index contributed by atoms with van der Waals surface area (Å²) in [6.07, 6.45) is 0. The monoisotopic (exact) mass is 288 g/mol. The van der Waals surface area contributed by atoms with Gasteiger partial charge in [0, 0.05) is 0 Å². The van der Waals surface area contributed by atoms with Crippen molar-refractivity contribution in [3.8, 4) is 0 Å². The summed E-state index contributed by atoms with van der Waals surface area (Å²) < 4.78 is 30.9. The maximum atomic E-state index is 12.0. The van der Waals surface area contributed by atoms with E-state index in [9.17, 15) is 8.42 Å². The van der Waals surface area contributed by atoms with Gasteiger partial charge in [0.15, 0.2) is 5.82 Å². The Bertz CT molecular complexity index is 663. The number of halogens is 1. The second-order valence-corrected chi connectivity index (χ2v) is 5.44. The summed E-state index contributed by atoms with van der Waals surface area (Å²) in [6.45, 7) is 1.56. The number of anilines is 2. The van der Waals surface area contributed by atoms with E-state index in [-0.39, 0.29) is 21.6 Å². The fraction of sp³-hybridized carbons (Fsp3) is 0.111. The lowest BCUT2D eigenvalue weighted by Crippen LogP contribution is -2.15. The van der Waals surface area contributed by atoms with Crippen molar-refractivity contribution in [1.29, 1.82) is 0 Å². The van der Waals surface area contributed by atoms with Crippen LogP contribution in [0.15, 0.2) is 27.6 Å². The lowest BCUT2D eigenvalue weighted by atomic mass is 10.3. The third-order valence-corrected chi connectivity index (χ3v) is 3.88. The predicted molar refractivity (Wildman–Crippen MR) is 65.7 cm³/mol. The zero-order chi connectivity index (χ0) is 13.3. The van der Waals surface area contributed by atoms with Crippen LogP contribution >= 0.6 is 11.6 Å². The summed E-state index contributed by atoms with van der Waals surface area (Å²) in [5.41, 5.74) is 5.63. The van der Waals surface area contributed by atoms with Gasteiger partial charge in [-0.1, -0.05) is 22.8 Å². The topological polar surface area (TPSA) is 111 Å². The van der Waals surface area contributed by atoms with Crippen LogP contribution in [0.3, 0.4) is 0 Å². The van der Waals surface area contributed by atoms with E-state index in [1.165, 1.54) is 12.1 Å². The standard InChI is InChI=1S/C9H9ClN4O3S/c1-5-12-9(17-13-5)14-18(15,16)8-6(10)3-2-4-7(8)11/h2-4H,11H2,1H3,(H,12,13,14). The number of hydrogen-bond donors (Lipinski definition) is 2. The quantitative estimate of drug-likeness (QED) is 0.826. The second kappa shape index (κ2) is 4.46. The van der Waals surface area contributed by atoms with E-state index in [0.29, 0.717) is 5.82 Å². The molecule has 0 saturated heterocycles. The number of aryl methyl sites for hydroxylation is 1. The number of nitrogen functional groups attached to an aromatic ring is 1. The molecule has 1 heterocycles. The van der Waals surface area contributed by atoms with Gasteiger partial charge in [-0.05, 0) is 19.1 Å². The molecule has 0 unspecified atom stereocenters. The number of nitrogens with two attached hydrogens (primary N) is 1. The van der Waals surface area contributed by atoms with E-state index in [1.54, 1.807) is 13.0 Å². The first kappa shape index (κ1) is 12.7. The molecule has 1 aromatic heterocycles. The van der Waals surface area contributed by atoms with Gasteiger partial charge in [-0.2, -0.15) is 4.98 Å². The smallest absolute Gasteiger partial charge is 0.335 e. The molecule has 96 valence electrons. The van der Waals surface area contributed by atoms with E-state index < -0.39 is 10.0 Å². The first-order valence-corrected chi connectivity index (χ1v) is 6.63. The fourth-order valence-corrected chi connectivity index (χ4v) is 2.92. The number of nitrogens with zero attached hydrogens (tertiary/aromatic N) is 2. The molecule has 0 amide bonds. The zero-order valence-corrected chi connectivity index (χ0v) is 10.8. The van der Waals surface area contributed by atoms with Crippen molar-refractivity contribution < 1.29 is 12.9 Å². The Labute approximate surface area is 108 Å². The first-order valence-electron chi connectivity index (χ1n) is 4.77. The fourth-order valence-electron chi connectivity index (χ4n) is 1.31. The number of benzene rings is 1. The lowest BCUT2D eigenvalue weighted by molar-refractivity contribution is 0.429. The molecule has 1 aromatic carbocycles. The molecular formula is C9H9ClN4O3S. The second-order valence-electron chi connectivity index (χ2n) is 3.41. The maximum absolute atomic E-state index is 12.0. The van der Waals surface area contributed by atoms with E-state index >= 15 is 0 Å². The van der Waals surface area contributed by atoms with Crippen LogP contribution in [0.25, 0.3) is 0 Å². The summed E-state index contributed by atoms with van der Waals surface area (Å²) in [5, 5.41) is 3.47. The minimum atomic E-state index is -3.96. The Balaban J connectivity index is 2.43. The molecule has 18 heavy (non-hydrogen) atoms. The van der Waals surface area contributed by atoms with Crippen molar-refractivity contribution in [3.63, 3.8) is 0 Å². The number of sulfonamides is 1. The number of nitrogens with one attached hydrogen (secondary N) is 1. The molecule has 7 nitrogen and oxygen atoms in total. The van der Waals surface area contributed by atoms with Gasteiger partial charge in [0.2, 0.25) is 0 Å². The molecule has 0 aliphatic carbocycles. The summed E-state index contributed by atoms with van der Waals surface area (Å²) in [4.78, 5) is 3.51. The van der Waals surface area contributed by atoms with Crippen molar-refractivity contribution in [3.05, 3.63) is 29.0 Å². The third-order valence-electron chi connectivity index (χ3n) is 2.02. The van der Waals surface area contributed by atoms with Gasteiger partial charge in [0.05, 0.1) is 10.7 Å². The Kier molecular flexibility index (Phi) is 3.14. The molecule has 2 aromatic rings. The van der Waals surface area contributed by atoms with Crippen LogP contribution in [0.1, 0.15) is 5.82 Å². The van der Waals surface area contributed by atoms with Gasteiger partial charge in [-0.25, -0.2) is 13.1 Å². The van der Waals surface area contributed by atoms with Gasteiger partial charge < -0.3 is 10.3 Å². The van der Waals surface area contributed by atoms with Crippen LogP contribution in [0.4, 0.5) is 11.7 Å². The third kappa shape index (κ3) is 2.39. The Hall–Kier alpha value is -1.80. The summed E-state index contributed by atoms with van der Waals surface area (Å²) in [7, 11) is -3.96. The van der Waals surface area contributed by atoms with Crippen molar-refractivity contribution >= 4 is 33.3 Å². The highest BCUT2D eigenvalue weighted by Crippen LogP contribution is 2.28. The van der Waals surface area contributed by atoms with Crippen LogP contribution < -0.4 is 10.5 Å². The molecule has 9 heteroatoms. The van der Waals surface area contributed by atoms with Gasteiger partial charge in [-0.3, -0.25) is 0 Å². The Morgan fingerprint density at radius 2 is 2.17 bits per heavy atom. The largest absolute Gasteiger partial charge is 0.398 e. The van der Waals surface area contributed by atoms with E-state index in [0.717, 1.165) is 0 Å². The molecule has 0 saturated carbocycles. The molecule has 0 aliphatic heterocycles. The molecule has 0 aliphatic rings. The molecule has 0 radical (unpaired) electrons. The van der Waals surface area contributed by atoms with E-state index in [4.69, 9.17) is 17.3 Å². The highest BCUT2D eigenvalue weighted by Gasteiger charge is 2.23. The van der Waals surface area contributed by atoms with Crippen LogP contribution in [0.5, 0.6) is 0 Å². The average Bonchev–Trinajstić information content (AvgIpc) is 2.62. The van der Waals surface area contributed by atoms with E-state index in [2.05, 4.69) is 19.4 Å². The molecule has 0 fully saturated rings. The Morgan fingerprint density at radius 3 is 2.72 bits per heavy atom. The van der Waals surface area contributed by atoms with Gasteiger partial charge in [-0.15, -0.1) is 0 Å². The molecular weight excluding hydrogens is 280 g/mol. The molecule has 2 rings (SSSR count). The number of hydrogen-bond acceptors (Lipinski definition) is 6. The number of aromatic nitrogens is 2. The molecule has 3 N–H and O–H groups in total. The molecule has 0 spiro atoms. The van der Waals surface area contributed by atoms with Crippen molar-refractivity contribution in [2.24, 2.45) is 0 Å². The SMILES string of the molecule is Cc1noc(NS(=O)(=O)c2c(N)cccc2Cl)n1. The van der Waals surface area contributed by atoms with Gasteiger partial charge in [0.1, 0.15) is 4.90 Å². The number of rotatable bonds is 3. The maximum Gasteiger partial charge on any atom is 0.335 e. The van der Waals surface area contributed by atoms with E-state index in [1.807, 2.05) is 0 Å². The summed E-state index contributed by atoms with van der Waals surface area (Å²) in [5.74, 6) is 0.305. The zero-order valence-electron chi connectivity index (χ0n) is 9.21. The minimum absolute atomic E-state index is 0.0127. The summed E-state index contributed by atoms with van der Waals surface area (Å²) in [6, 6.07) is 4.16.